The first-order valence-corrected chi connectivity index (χ1v) is 42.7. The van der Waals surface area contributed by atoms with Crippen LogP contribution in [0.25, 0.3) is 284 Å². The Bertz CT molecular complexity index is 8460. The van der Waals surface area contributed by atoms with Crippen LogP contribution in [0.5, 0.6) is 0 Å². The third kappa shape index (κ3) is 10.0. The van der Waals surface area contributed by atoms with Gasteiger partial charge >= 0.3 is 0 Å². The standard InChI is InChI=1S/2C60H34O2/c2*1-5-19-39-35(15-1)31-36-16-2-6-20-40(36)55(39)56-45-27-13-25-43(51-32-37-17-3-7-21-41(37)59-57(51)47-23-9-11-29-53(47)61-59)49(45)34-50-44(26-14-28-46(50)56)52-33-38-18-4-8-22-42(38)60-58(52)48-24-10-12-30-54(48)62-60/h2*1-34H. The first kappa shape index (κ1) is 68.5. The van der Waals surface area contributed by atoms with Gasteiger partial charge in [-0.2, -0.15) is 0 Å². The van der Waals surface area contributed by atoms with Crippen molar-refractivity contribution in [2.45, 2.75) is 0 Å². The fourth-order valence-corrected chi connectivity index (χ4v) is 21.5. The Morgan fingerprint density at radius 2 is 0.290 bits per heavy atom. The zero-order valence-corrected chi connectivity index (χ0v) is 66.9. The lowest BCUT2D eigenvalue weighted by Crippen LogP contribution is -1.93. The van der Waals surface area contributed by atoms with Crippen LogP contribution < -0.4 is 0 Å². The van der Waals surface area contributed by atoms with Crippen molar-refractivity contribution in [1.29, 1.82) is 0 Å². The highest BCUT2D eigenvalue weighted by Crippen LogP contribution is 2.55. The zero-order chi connectivity index (χ0) is 80.9. The Kier molecular flexibility index (Phi) is 14.7. The summed E-state index contributed by atoms with van der Waals surface area (Å²) in [5.74, 6) is 0. The van der Waals surface area contributed by atoms with E-state index in [1.807, 2.05) is 0 Å². The monoisotopic (exact) mass is 1570 g/mol. The lowest BCUT2D eigenvalue weighted by molar-refractivity contribution is 0.672. The van der Waals surface area contributed by atoms with E-state index in [-0.39, 0.29) is 0 Å². The van der Waals surface area contributed by atoms with Crippen LogP contribution in [0, 0.1) is 0 Å². The van der Waals surface area contributed by atoms with E-state index >= 15 is 0 Å². The highest BCUT2D eigenvalue weighted by molar-refractivity contribution is 6.34. The number of furan rings is 4. The van der Waals surface area contributed by atoms with Crippen LogP contribution >= 0.6 is 0 Å². The molecular formula is C120H68O4. The van der Waals surface area contributed by atoms with Crippen molar-refractivity contribution in [2.24, 2.45) is 0 Å². The van der Waals surface area contributed by atoms with Gasteiger partial charge in [0.2, 0.25) is 0 Å². The van der Waals surface area contributed by atoms with Gasteiger partial charge in [0.25, 0.3) is 0 Å². The highest BCUT2D eigenvalue weighted by atomic mass is 16.3. The number of benzene rings is 24. The summed E-state index contributed by atoms with van der Waals surface area (Å²) in [4.78, 5) is 0. The van der Waals surface area contributed by atoms with Crippen molar-refractivity contribution in [1.82, 2.24) is 0 Å². The molecule has 4 heterocycles. The van der Waals surface area contributed by atoms with Crippen molar-refractivity contribution in [3.8, 4) is 66.8 Å². The molecule has 4 nitrogen and oxygen atoms in total. The summed E-state index contributed by atoms with van der Waals surface area (Å²) in [6.45, 7) is 0. The minimum atomic E-state index is 0.892. The van der Waals surface area contributed by atoms with E-state index < -0.39 is 0 Å². The van der Waals surface area contributed by atoms with Crippen LogP contribution in [0.15, 0.2) is 430 Å². The zero-order valence-electron chi connectivity index (χ0n) is 66.9. The van der Waals surface area contributed by atoms with Crippen LogP contribution in [0.4, 0.5) is 0 Å². The number of fused-ring (bicyclic) bond motifs is 28. The van der Waals surface area contributed by atoms with Crippen LogP contribution in [0.3, 0.4) is 0 Å². The van der Waals surface area contributed by atoms with E-state index in [2.05, 4.69) is 413 Å². The second kappa shape index (κ2) is 26.5. The number of para-hydroxylation sites is 4. The van der Waals surface area contributed by atoms with Gasteiger partial charge in [-0.25, -0.2) is 0 Å². The predicted octanol–water partition coefficient (Wildman–Crippen LogP) is 34.8. The molecule has 0 aliphatic rings. The van der Waals surface area contributed by atoms with Crippen LogP contribution in [0.1, 0.15) is 0 Å². The maximum atomic E-state index is 6.77. The Morgan fingerprint density at radius 3 is 0.524 bits per heavy atom. The molecule has 0 unspecified atom stereocenters. The first-order valence-electron chi connectivity index (χ1n) is 42.7. The lowest BCUT2D eigenvalue weighted by atomic mass is 9.82. The number of rotatable bonds is 6. The van der Waals surface area contributed by atoms with Gasteiger partial charge in [0, 0.05) is 64.6 Å². The van der Waals surface area contributed by atoms with E-state index in [1.54, 1.807) is 0 Å². The lowest BCUT2D eigenvalue weighted by Gasteiger charge is -2.20. The number of hydrogen-bond donors (Lipinski definition) is 0. The Balaban J connectivity index is 0.000000130. The fourth-order valence-electron chi connectivity index (χ4n) is 21.5. The summed E-state index contributed by atoms with van der Waals surface area (Å²) in [5, 5.41) is 37.5. The molecule has 0 atom stereocenters. The van der Waals surface area contributed by atoms with Gasteiger partial charge in [0.05, 0.1) is 0 Å². The molecule has 28 aromatic rings. The fraction of sp³-hybridized carbons (Fsp3) is 0. The molecule has 4 heteroatoms. The van der Waals surface area contributed by atoms with Crippen LogP contribution in [0.2, 0.25) is 0 Å². The summed E-state index contributed by atoms with van der Waals surface area (Å²) in [7, 11) is 0. The minimum absolute atomic E-state index is 0.892. The van der Waals surface area contributed by atoms with Crippen LogP contribution in [-0.4, -0.2) is 0 Å². The van der Waals surface area contributed by atoms with E-state index in [0.29, 0.717) is 0 Å². The van der Waals surface area contributed by atoms with Crippen molar-refractivity contribution in [3.05, 3.63) is 413 Å². The summed E-state index contributed by atoms with van der Waals surface area (Å²) >= 11 is 0. The van der Waals surface area contributed by atoms with Gasteiger partial charge in [-0.1, -0.05) is 340 Å². The topological polar surface area (TPSA) is 52.6 Å². The molecule has 24 aromatic carbocycles. The second-order valence-corrected chi connectivity index (χ2v) is 33.3. The maximum Gasteiger partial charge on any atom is 0.143 e. The molecule has 28 rings (SSSR count). The van der Waals surface area contributed by atoms with Gasteiger partial charge < -0.3 is 17.7 Å². The van der Waals surface area contributed by atoms with Crippen LogP contribution in [-0.2, 0) is 0 Å². The molecule has 0 amide bonds. The minimum Gasteiger partial charge on any atom is -0.455 e. The molecule has 0 N–H and O–H groups in total. The third-order valence-corrected chi connectivity index (χ3v) is 26.8. The average molecular weight is 1570 g/mol. The van der Waals surface area contributed by atoms with Crippen molar-refractivity contribution in [2.75, 3.05) is 0 Å². The van der Waals surface area contributed by atoms with E-state index in [9.17, 15) is 0 Å². The predicted molar refractivity (Wildman–Crippen MR) is 525 cm³/mol. The molecule has 572 valence electrons. The SMILES string of the molecule is c1ccc2c(-c3c4cccc(-c5cc6ccccc6c6oc7ccccc7c56)c4cc4c(-c5cc6ccccc6c6oc7ccccc7c56)cccc34)c3ccccc3cc2c1.c1ccc2c(-c3c4cccc(-c5cc6ccccc6c6oc7ccccc7c56)c4cc4c(-c5cc6ccccc6c6oc7ccccc7c56)cccc34)c3ccccc3cc2c1. The van der Waals surface area contributed by atoms with Gasteiger partial charge in [0.15, 0.2) is 0 Å². The summed E-state index contributed by atoms with van der Waals surface area (Å²) in [6, 6.07) is 151. The summed E-state index contributed by atoms with van der Waals surface area (Å²) in [5.41, 5.74) is 21.5. The average Bonchev–Trinajstić information content (AvgIpc) is 1.06. The third-order valence-electron chi connectivity index (χ3n) is 26.8. The molecule has 0 aliphatic heterocycles. The molecular weight excluding hydrogens is 1510 g/mol. The smallest absolute Gasteiger partial charge is 0.143 e. The van der Waals surface area contributed by atoms with Gasteiger partial charge in [0.1, 0.15) is 44.7 Å². The Labute approximate surface area is 709 Å². The quantitative estimate of drug-likeness (QED) is 0.156. The molecule has 0 radical (unpaired) electrons. The number of hydrogen-bond acceptors (Lipinski definition) is 4. The second-order valence-electron chi connectivity index (χ2n) is 33.3. The van der Waals surface area contributed by atoms with E-state index in [0.717, 1.165) is 153 Å². The van der Waals surface area contributed by atoms with E-state index in [1.165, 1.54) is 131 Å². The molecule has 0 spiro atoms. The van der Waals surface area contributed by atoms with Gasteiger partial charge in [-0.05, 0) is 247 Å². The molecule has 0 saturated carbocycles. The Hall–Kier alpha value is -16.4. The molecule has 0 bridgehead atoms. The highest BCUT2D eigenvalue weighted by Gasteiger charge is 2.29. The molecule has 4 aromatic heterocycles. The summed E-state index contributed by atoms with van der Waals surface area (Å²) in [6.07, 6.45) is 0. The molecule has 0 aliphatic carbocycles. The molecule has 124 heavy (non-hydrogen) atoms. The van der Waals surface area contributed by atoms with Gasteiger partial charge in [-0.15, -0.1) is 0 Å². The van der Waals surface area contributed by atoms with E-state index in [4.69, 9.17) is 17.7 Å². The molecule has 0 fully saturated rings. The van der Waals surface area contributed by atoms with Gasteiger partial charge in [-0.3, -0.25) is 0 Å². The summed E-state index contributed by atoms with van der Waals surface area (Å²) < 4.78 is 27.1. The van der Waals surface area contributed by atoms with Crippen molar-refractivity contribution >= 4 is 217 Å². The normalized spacial score (nSPS) is 12.2. The Morgan fingerprint density at radius 1 is 0.113 bits per heavy atom. The largest absolute Gasteiger partial charge is 0.455 e. The maximum absolute atomic E-state index is 6.77. The van der Waals surface area contributed by atoms with Crippen molar-refractivity contribution < 1.29 is 17.7 Å². The van der Waals surface area contributed by atoms with Crippen molar-refractivity contribution in [3.63, 3.8) is 0 Å². The first-order chi connectivity index (χ1) is 61.5. The molecule has 0 saturated heterocycles.